The highest BCUT2D eigenvalue weighted by Crippen LogP contribution is 2.22. The Morgan fingerprint density at radius 1 is 1.53 bits per heavy atom. The SMILES string of the molecule is Cc1cc(Br)cc(N(CCCl)C(=O)O)c1. The lowest BCUT2D eigenvalue weighted by Gasteiger charge is -2.18. The molecule has 82 valence electrons. The summed E-state index contributed by atoms with van der Waals surface area (Å²) in [5.74, 6) is 0.276. The van der Waals surface area contributed by atoms with Crippen molar-refractivity contribution in [2.45, 2.75) is 6.92 Å². The lowest BCUT2D eigenvalue weighted by atomic mass is 10.2. The average molecular weight is 293 g/mol. The molecule has 3 nitrogen and oxygen atoms in total. The van der Waals surface area contributed by atoms with E-state index in [1.807, 2.05) is 19.1 Å². The first-order chi connectivity index (χ1) is 7.04. The van der Waals surface area contributed by atoms with Gasteiger partial charge in [-0.25, -0.2) is 4.79 Å². The van der Waals surface area contributed by atoms with Gasteiger partial charge < -0.3 is 5.11 Å². The second-order valence-electron chi connectivity index (χ2n) is 3.11. The number of amides is 1. The molecule has 0 radical (unpaired) electrons. The third kappa shape index (κ3) is 3.39. The molecule has 0 bridgehead atoms. The first-order valence-electron chi connectivity index (χ1n) is 4.38. The molecule has 15 heavy (non-hydrogen) atoms. The fraction of sp³-hybridized carbons (Fsp3) is 0.300. The van der Waals surface area contributed by atoms with Crippen LogP contribution in [-0.4, -0.2) is 23.6 Å². The van der Waals surface area contributed by atoms with Crippen molar-refractivity contribution in [1.82, 2.24) is 0 Å². The molecule has 1 aromatic carbocycles. The molecule has 0 aliphatic carbocycles. The second kappa shape index (κ2) is 5.37. The van der Waals surface area contributed by atoms with E-state index in [1.165, 1.54) is 4.90 Å². The van der Waals surface area contributed by atoms with Crippen LogP contribution in [0, 0.1) is 6.92 Å². The van der Waals surface area contributed by atoms with Crippen LogP contribution in [-0.2, 0) is 0 Å². The molecule has 0 aromatic heterocycles. The van der Waals surface area contributed by atoms with E-state index in [0.29, 0.717) is 5.69 Å². The average Bonchev–Trinajstić information content (AvgIpc) is 2.11. The Balaban J connectivity index is 3.05. The van der Waals surface area contributed by atoms with Crippen LogP contribution in [0.4, 0.5) is 10.5 Å². The number of nitrogens with zero attached hydrogens (tertiary/aromatic N) is 1. The van der Waals surface area contributed by atoms with Gasteiger partial charge in [0.05, 0.1) is 0 Å². The van der Waals surface area contributed by atoms with Gasteiger partial charge in [0.1, 0.15) is 0 Å². The summed E-state index contributed by atoms with van der Waals surface area (Å²) in [5.41, 5.74) is 1.63. The van der Waals surface area contributed by atoms with Crippen LogP contribution < -0.4 is 4.90 Å². The predicted octanol–water partition coefficient (Wildman–Crippen LogP) is 3.48. The summed E-state index contributed by atoms with van der Waals surface area (Å²) < 4.78 is 0.860. The van der Waals surface area contributed by atoms with Crippen LogP contribution in [0.1, 0.15) is 5.56 Å². The van der Waals surface area contributed by atoms with Crippen molar-refractivity contribution in [2.75, 3.05) is 17.3 Å². The fourth-order valence-corrected chi connectivity index (χ4v) is 2.06. The van der Waals surface area contributed by atoms with E-state index in [9.17, 15) is 4.79 Å². The largest absolute Gasteiger partial charge is 0.465 e. The third-order valence-electron chi connectivity index (χ3n) is 1.88. The number of carbonyl (C=O) groups is 1. The summed E-state index contributed by atoms with van der Waals surface area (Å²) >= 11 is 8.88. The summed E-state index contributed by atoms with van der Waals surface area (Å²) in [4.78, 5) is 12.2. The molecule has 1 aromatic rings. The van der Waals surface area contributed by atoms with E-state index in [1.54, 1.807) is 6.07 Å². The number of hydrogen-bond acceptors (Lipinski definition) is 1. The number of rotatable bonds is 3. The Kier molecular flexibility index (Phi) is 4.42. The van der Waals surface area contributed by atoms with Crippen molar-refractivity contribution in [3.8, 4) is 0 Å². The van der Waals surface area contributed by atoms with E-state index in [-0.39, 0.29) is 12.4 Å². The molecular formula is C10H11BrClNO2. The van der Waals surface area contributed by atoms with Crippen molar-refractivity contribution in [1.29, 1.82) is 0 Å². The van der Waals surface area contributed by atoms with Gasteiger partial charge in [-0.15, -0.1) is 11.6 Å². The molecule has 0 heterocycles. The molecule has 1 N–H and O–H groups in total. The number of alkyl halides is 1. The number of anilines is 1. The van der Waals surface area contributed by atoms with Gasteiger partial charge in [-0.2, -0.15) is 0 Å². The van der Waals surface area contributed by atoms with Gasteiger partial charge in [-0.05, 0) is 30.7 Å². The van der Waals surface area contributed by atoms with Crippen LogP contribution in [0.25, 0.3) is 0 Å². The molecule has 0 fully saturated rings. The topological polar surface area (TPSA) is 40.5 Å². The van der Waals surface area contributed by atoms with Crippen molar-refractivity contribution in [3.63, 3.8) is 0 Å². The molecule has 0 aliphatic rings. The van der Waals surface area contributed by atoms with E-state index in [0.717, 1.165) is 10.0 Å². The Morgan fingerprint density at radius 2 is 2.20 bits per heavy atom. The summed E-state index contributed by atoms with van der Waals surface area (Å²) in [7, 11) is 0. The predicted molar refractivity (Wildman–Crippen MR) is 65.0 cm³/mol. The van der Waals surface area contributed by atoms with Crippen molar-refractivity contribution >= 4 is 39.3 Å². The third-order valence-corrected chi connectivity index (χ3v) is 2.50. The van der Waals surface area contributed by atoms with Crippen molar-refractivity contribution in [2.24, 2.45) is 0 Å². The van der Waals surface area contributed by atoms with Gasteiger partial charge in [0, 0.05) is 22.6 Å². The zero-order chi connectivity index (χ0) is 11.4. The van der Waals surface area contributed by atoms with Gasteiger partial charge >= 0.3 is 6.09 Å². The quantitative estimate of drug-likeness (QED) is 0.867. The van der Waals surface area contributed by atoms with E-state index < -0.39 is 6.09 Å². The molecule has 0 saturated carbocycles. The standard InChI is InChI=1S/C10H11BrClNO2/c1-7-4-8(11)6-9(5-7)13(3-2-12)10(14)15/h4-6H,2-3H2,1H3,(H,14,15). The highest BCUT2D eigenvalue weighted by Gasteiger charge is 2.13. The highest BCUT2D eigenvalue weighted by atomic mass is 79.9. The van der Waals surface area contributed by atoms with E-state index >= 15 is 0 Å². The molecule has 1 amide bonds. The number of halogens is 2. The first-order valence-corrected chi connectivity index (χ1v) is 5.71. The highest BCUT2D eigenvalue weighted by molar-refractivity contribution is 9.10. The maximum absolute atomic E-state index is 11.0. The molecule has 0 aliphatic heterocycles. The minimum Gasteiger partial charge on any atom is -0.465 e. The summed E-state index contributed by atoms with van der Waals surface area (Å²) in [6, 6.07) is 5.49. The fourth-order valence-electron chi connectivity index (χ4n) is 1.29. The van der Waals surface area contributed by atoms with E-state index in [2.05, 4.69) is 15.9 Å². The maximum Gasteiger partial charge on any atom is 0.411 e. The van der Waals surface area contributed by atoms with Crippen LogP contribution in [0.3, 0.4) is 0 Å². The Morgan fingerprint density at radius 3 is 2.67 bits per heavy atom. The molecule has 0 atom stereocenters. The molecular weight excluding hydrogens is 281 g/mol. The zero-order valence-corrected chi connectivity index (χ0v) is 10.5. The Hall–Kier alpha value is -0.740. The smallest absolute Gasteiger partial charge is 0.411 e. The monoisotopic (exact) mass is 291 g/mol. The lowest BCUT2D eigenvalue weighted by Crippen LogP contribution is -2.31. The van der Waals surface area contributed by atoms with Crippen LogP contribution >= 0.6 is 27.5 Å². The summed E-state index contributed by atoms with van der Waals surface area (Å²) in [6.45, 7) is 2.20. The van der Waals surface area contributed by atoms with Gasteiger partial charge in [-0.3, -0.25) is 4.90 Å². The van der Waals surface area contributed by atoms with Gasteiger partial charge in [0.15, 0.2) is 0 Å². The van der Waals surface area contributed by atoms with Gasteiger partial charge in [-0.1, -0.05) is 15.9 Å². The van der Waals surface area contributed by atoms with Crippen molar-refractivity contribution in [3.05, 3.63) is 28.2 Å². The number of aryl methyl sites for hydroxylation is 1. The Labute approximate surface area is 102 Å². The zero-order valence-electron chi connectivity index (χ0n) is 8.20. The normalized spacial score (nSPS) is 10.1. The minimum absolute atomic E-state index is 0.276. The number of hydrogen-bond donors (Lipinski definition) is 1. The minimum atomic E-state index is -0.992. The molecule has 1 rings (SSSR count). The number of carboxylic acid groups (broad SMARTS) is 1. The van der Waals surface area contributed by atoms with Crippen LogP contribution in [0.15, 0.2) is 22.7 Å². The first kappa shape index (κ1) is 12.3. The molecule has 0 saturated heterocycles. The van der Waals surface area contributed by atoms with Crippen LogP contribution in [0.5, 0.6) is 0 Å². The van der Waals surface area contributed by atoms with Crippen molar-refractivity contribution < 1.29 is 9.90 Å². The maximum atomic E-state index is 11.0. The molecule has 5 heteroatoms. The van der Waals surface area contributed by atoms with Gasteiger partial charge in [0.25, 0.3) is 0 Å². The lowest BCUT2D eigenvalue weighted by molar-refractivity contribution is 0.202. The Bertz CT molecular complexity index is 350. The molecule has 0 unspecified atom stereocenters. The van der Waals surface area contributed by atoms with Crippen LogP contribution in [0.2, 0.25) is 0 Å². The van der Waals surface area contributed by atoms with Gasteiger partial charge in [0.2, 0.25) is 0 Å². The van der Waals surface area contributed by atoms with E-state index in [4.69, 9.17) is 16.7 Å². The number of benzene rings is 1. The molecule has 0 spiro atoms. The second-order valence-corrected chi connectivity index (χ2v) is 4.40. The summed E-state index contributed by atoms with van der Waals surface area (Å²) in [5, 5.41) is 8.99. The summed E-state index contributed by atoms with van der Waals surface area (Å²) in [6.07, 6.45) is -0.992.